The standard InChI is InChI=1S/C64H51NS2/c1-61(2,3)40-28-32-46-47-33-29-41(62(4,5)6)37-54(47)64(53(46)36-40)52-24-14-17-27-59(52)67-60-35-31-44(39-56(60)64)65(42-18-8-7-9-19-42)43-30-34-48-45-20-10-11-21-49(45)63(55(48)38-43)50-22-12-15-25-57(50)66-58-26-16-13-23-51(58)63/h7-39H,1-6H3. The minimum absolute atomic E-state index is 0.0259. The van der Waals surface area contributed by atoms with Crippen LogP contribution in [0.15, 0.2) is 220 Å². The molecule has 2 spiro atoms. The number of anilines is 3. The third kappa shape index (κ3) is 5.71. The van der Waals surface area contributed by atoms with Gasteiger partial charge in [0.15, 0.2) is 0 Å². The Balaban J connectivity index is 1.09. The van der Waals surface area contributed by atoms with E-state index in [9.17, 15) is 0 Å². The summed E-state index contributed by atoms with van der Waals surface area (Å²) in [6, 6.07) is 76.9. The van der Waals surface area contributed by atoms with E-state index in [4.69, 9.17) is 0 Å². The lowest BCUT2D eigenvalue weighted by molar-refractivity contribution is 0.585. The normalized spacial score (nSPS) is 15.1. The number of para-hydroxylation sites is 1. The van der Waals surface area contributed by atoms with Gasteiger partial charge in [0, 0.05) is 36.6 Å². The Bertz CT molecular complexity index is 3400. The molecule has 0 bridgehead atoms. The van der Waals surface area contributed by atoms with Gasteiger partial charge in [-0.05, 0) is 149 Å². The van der Waals surface area contributed by atoms with Crippen molar-refractivity contribution in [1.29, 1.82) is 0 Å². The molecule has 0 fully saturated rings. The second-order valence-electron chi connectivity index (χ2n) is 20.8. The first kappa shape index (κ1) is 40.7. The number of rotatable bonds is 3. The van der Waals surface area contributed by atoms with Crippen LogP contribution < -0.4 is 4.90 Å². The predicted octanol–water partition coefficient (Wildman–Crippen LogP) is 17.4. The number of hydrogen-bond donors (Lipinski definition) is 0. The van der Waals surface area contributed by atoms with Crippen molar-refractivity contribution in [3.63, 3.8) is 0 Å². The maximum absolute atomic E-state index is 2.56. The number of benzene rings is 9. The molecule has 0 N–H and O–H groups in total. The summed E-state index contributed by atoms with van der Waals surface area (Å²) in [6.07, 6.45) is 0. The summed E-state index contributed by atoms with van der Waals surface area (Å²) >= 11 is 3.81. The molecule has 2 aliphatic carbocycles. The van der Waals surface area contributed by atoms with Gasteiger partial charge in [-0.2, -0.15) is 0 Å². The van der Waals surface area contributed by atoms with Crippen LogP contribution in [0, 0.1) is 0 Å². The second kappa shape index (κ2) is 14.5. The smallest absolute Gasteiger partial charge is 0.0736 e. The zero-order valence-electron chi connectivity index (χ0n) is 38.8. The molecule has 67 heavy (non-hydrogen) atoms. The zero-order valence-corrected chi connectivity index (χ0v) is 40.4. The van der Waals surface area contributed by atoms with E-state index in [0.29, 0.717) is 0 Å². The third-order valence-electron chi connectivity index (χ3n) is 15.1. The number of fused-ring (bicyclic) bond motifs is 18. The van der Waals surface area contributed by atoms with E-state index in [-0.39, 0.29) is 10.8 Å². The molecule has 2 heterocycles. The summed E-state index contributed by atoms with van der Waals surface area (Å²) in [5, 5.41) is 0. The van der Waals surface area contributed by atoms with Crippen LogP contribution in [-0.4, -0.2) is 0 Å². The third-order valence-corrected chi connectivity index (χ3v) is 17.4. The molecular weight excluding hydrogens is 847 g/mol. The highest BCUT2D eigenvalue weighted by Gasteiger charge is 2.52. The van der Waals surface area contributed by atoms with Gasteiger partial charge in [-0.25, -0.2) is 0 Å². The molecule has 0 radical (unpaired) electrons. The van der Waals surface area contributed by atoms with Crippen molar-refractivity contribution in [3.05, 3.63) is 256 Å². The molecule has 4 aliphatic rings. The minimum atomic E-state index is -0.542. The Labute approximate surface area is 404 Å². The van der Waals surface area contributed by atoms with Gasteiger partial charge in [0.25, 0.3) is 0 Å². The highest BCUT2D eigenvalue weighted by Crippen LogP contribution is 2.65. The molecule has 324 valence electrons. The zero-order chi connectivity index (χ0) is 45.5. The lowest BCUT2D eigenvalue weighted by atomic mass is 9.66. The summed E-state index contributed by atoms with van der Waals surface area (Å²) in [4.78, 5) is 7.76. The van der Waals surface area contributed by atoms with E-state index in [1.165, 1.54) is 97.5 Å². The summed E-state index contributed by atoms with van der Waals surface area (Å²) < 4.78 is 0. The van der Waals surface area contributed by atoms with Gasteiger partial charge in [0.05, 0.1) is 10.8 Å². The molecule has 9 aromatic rings. The van der Waals surface area contributed by atoms with E-state index in [2.05, 4.69) is 247 Å². The average molecular weight is 898 g/mol. The molecule has 3 heteroatoms. The Morgan fingerprint density at radius 2 is 0.672 bits per heavy atom. The topological polar surface area (TPSA) is 3.24 Å². The first-order chi connectivity index (χ1) is 32.5. The Hall–Kier alpha value is -6.52. The molecule has 0 saturated heterocycles. The van der Waals surface area contributed by atoms with Crippen molar-refractivity contribution >= 4 is 40.6 Å². The van der Waals surface area contributed by atoms with Crippen molar-refractivity contribution in [1.82, 2.24) is 0 Å². The van der Waals surface area contributed by atoms with Gasteiger partial charge in [-0.15, -0.1) is 0 Å². The van der Waals surface area contributed by atoms with Gasteiger partial charge in [-0.3, -0.25) is 0 Å². The van der Waals surface area contributed by atoms with E-state index in [0.717, 1.165) is 17.1 Å². The first-order valence-electron chi connectivity index (χ1n) is 23.7. The number of nitrogens with zero attached hydrogens (tertiary/aromatic N) is 1. The Morgan fingerprint density at radius 1 is 0.299 bits per heavy atom. The minimum Gasteiger partial charge on any atom is -0.310 e. The van der Waals surface area contributed by atoms with Crippen LogP contribution in [-0.2, 0) is 21.7 Å². The largest absolute Gasteiger partial charge is 0.310 e. The first-order valence-corrected chi connectivity index (χ1v) is 25.3. The maximum Gasteiger partial charge on any atom is 0.0736 e. The van der Waals surface area contributed by atoms with E-state index >= 15 is 0 Å². The molecule has 0 atom stereocenters. The Morgan fingerprint density at radius 3 is 1.19 bits per heavy atom. The summed E-state index contributed by atoms with van der Waals surface area (Å²) in [5.74, 6) is 0. The van der Waals surface area contributed by atoms with Gasteiger partial charge in [0.2, 0.25) is 0 Å². The monoisotopic (exact) mass is 897 g/mol. The van der Waals surface area contributed by atoms with Gasteiger partial charge in [-0.1, -0.05) is 205 Å². The maximum atomic E-state index is 2.56. The molecule has 0 saturated carbocycles. The van der Waals surface area contributed by atoms with Crippen LogP contribution in [0.5, 0.6) is 0 Å². The molecule has 2 aliphatic heterocycles. The fourth-order valence-electron chi connectivity index (χ4n) is 12.0. The van der Waals surface area contributed by atoms with E-state index in [1.807, 2.05) is 23.5 Å². The van der Waals surface area contributed by atoms with Crippen LogP contribution in [0.1, 0.15) is 97.2 Å². The molecule has 0 aromatic heterocycles. The highest BCUT2D eigenvalue weighted by atomic mass is 32.2. The second-order valence-corrected chi connectivity index (χ2v) is 23.0. The summed E-state index contributed by atoms with van der Waals surface area (Å²) in [6.45, 7) is 14.1. The molecule has 1 nitrogen and oxygen atoms in total. The number of hydrogen-bond acceptors (Lipinski definition) is 3. The quantitative estimate of drug-likeness (QED) is 0.174. The SMILES string of the molecule is CC(C)(C)c1ccc2c(c1)C1(c3ccccc3Sc3ccc(N(c4ccccc4)c4ccc5c(c4)C4(c6ccccc6Sc6ccccc64)c4ccccc4-5)cc31)c1cc(C(C)(C)C)ccc1-2. The molecular formula is C64H51NS2. The molecule has 9 aromatic carbocycles. The fourth-order valence-corrected chi connectivity index (χ4v) is 14.4. The lowest BCUT2D eigenvalue weighted by Crippen LogP contribution is -2.33. The van der Waals surface area contributed by atoms with Crippen molar-refractivity contribution in [2.24, 2.45) is 0 Å². The molecule has 0 unspecified atom stereocenters. The predicted molar refractivity (Wildman–Crippen MR) is 281 cm³/mol. The van der Waals surface area contributed by atoms with Gasteiger partial charge < -0.3 is 4.90 Å². The molecule has 0 amide bonds. The summed E-state index contributed by atoms with van der Waals surface area (Å²) in [7, 11) is 0. The van der Waals surface area contributed by atoms with Gasteiger partial charge >= 0.3 is 0 Å². The van der Waals surface area contributed by atoms with E-state index in [1.54, 1.807) is 0 Å². The summed E-state index contributed by atoms with van der Waals surface area (Å²) in [5.41, 5.74) is 21.1. The van der Waals surface area contributed by atoms with Gasteiger partial charge in [0.1, 0.15) is 0 Å². The van der Waals surface area contributed by atoms with Crippen molar-refractivity contribution < 1.29 is 0 Å². The lowest BCUT2D eigenvalue weighted by Gasteiger charge is -2.41. The van der Waals surface area contributed by atoms with Crippen LogP contribution in [0.4, 0.5) is 17.1 Å². The van der Waals surface area contributed by atoms with Crippen LogP contribution in [0.3, 0.4) is 0 Å². The average Bonchev–Trinajstić information content (AvgIpc) is 3.79. The van der Waals surface area contributed by atoms with Crippen LogP contribution >= 0.6 is 23.5 Å². The molecule has 13 rings (SSSR count). The highest BCUT2D eigenvalue weighted by molar-refractivity contribution is 7.99. The van der Waals surface area contributed by atoms with Crippen LogP contribution in [0.25, 0.3) is 22.3 Å². The van der Waals surface area contributed by atoms with Crippen molar-refractivity contribution in [2.75, 3.05) is 4.90 Å². The Kier molecular flexibility index (Phi) is 8.81. The van der Waals surface area contributed by atoms with Crippen LogP contribution in [0.2, 0.25) is 0 Å². The van der Waals surface area contributed by atoms with E-state index < -0.39 is 10.8 Å². The van der Waals surface area contributed by atoms with Crippen molar-refractivity contribution in [3.8, 4) is 22.3 Å². The fraction of sp³-hybridized carbons (Fsp3) is 0.156. The van der Waals surface area contributed by atoms with Crippen molar-refractivity contribution in [2.45, 2.75) is 82.8 Å².